The Balaban J connectivity index is 2.15. The van der Waals surface area contributed by atoms with Crippen molar-refractivity contribution in [3.05, 3.63) is 54.4 Å². The fourth-order valence-electron chi connectivity index (χ4n) is 2.36. The number of aromatic nitrogens is 1. The minimum Gasteiger partial charge on any atom is -0.497 e. The molecule has 0 saturated carbocycles. The van der Waals surface area contributed by atoms with Gasteiger partial charge in [0.1, 0.15) is 5.75 Å². The van der Waals surface area contributed by atoms with Crippen molar-refractivity contribution >= 4 is 23.0 Å². The van der Waals surface area contributed by atoms with Gasteiger partial charge in [0.25, 0.3) is 0 Å². The monoisotopic (exact) mass is 345 g/mol. The SMILES string of the molecule is COCCN(C(=S)Nc1cccc(OC)c1)C(C)c1cccnc1. The summed E-state index contributed by atoms with van der Waals surface area (Å²) < 4.78 is 10.5. The van der Waals surface area contributed by atoms with E-state index in [0.29, 0.717) is 18.3 Å². The average Bonchev–Trinajstić information content (AvgIpc) is 2.62. The third-order valence-electron chi connectivity index (χ3n) is 3.75. The van der Waals surface area contributed by atoms with Crippen molar-refractivity contribution in [1.82, 2.24) is 9.88 Å². The molecular weight excluding hydrogens is 322 g/mol. The first-order valence-electron chi connectivity index (χ1n) is 7.76. The Morgan fingerprint density at radius 1 is 1.29 bits per heavy atom. The van der Waals surface area contributed by atoms with Crippen molar-refractivity contribution in [3.8, 4) is 5.75 Å². The van der Waals surface area contributed by atoms with Crippen molar-refractivity contribution in [1.29, 1.82) is 0 Å². The summed E-state index contributed by atoms with van der Waals surface area (Å²) in [5.74, 6) is 0.784. The van der Waals surface area contributed by atoms with Crippen LogP contribution in [0, 0.1) is 0 Å². The first-order valence-corrected chi connectivity index (χ1v) is 8.17. The number of anilines is 1. The Morgan fingerprint density at radius 2 is 2.12 bits per heavy atom. The number of nitrogens with one attached hydrogen (secondary N) is 1. The number of rotatable bonds is 7. The van der Waals surface area contributed by atoms with E-state index in [4.69, 9.17) is 21.7 Å². The van der Waals surface area contributed by atoms with E-state index in [1.54, 1.807) is 20.4 Å². The maximum atomic E-state index is 5.62. The second kappa shape index (κ2) is 9.20. The Kier molecular flexibility index (Phi) is 6.96. The lowest BCUT2D eigenvalue weighted by Crippen LogP contribution is -2.39. The lowest BCUT2D eigenvalue weighted by Gasteiger charge is -2.32. The van der Waals surface area contributed by atoms with Gasteiger partial charge in [-0.1, -0.05) is 12.1 Å². The zero-order valence-corrected chi connectivity index (χ0v) is 15.0. The topological polar surface area (TPSA) is 46.6 Å². The van der Waals surface area contributed by atoms with Crippen LogP contribution < -0.4 is 10.1 Å². The predicted octanol–water partition coefficient (Wildman–Crippen LogP) is 3.50. The molecule has 2 rings (SSSR count). The molecule has 1 aromatic heterocycles. The van der Waals surface area contributed by atoms with Crippen LogP contribution in [0.2, 0.25) is 0 Å². The molecule has 128 valence electrons. The molecule has 1 atom stereocenters. The summed E-state index contributed by atoms with van der Waals surface area (Å²) >= 11 is 5.62. The highest BCUT2D eigenvalue weighted by Crippen LogP contribution is 2.22. The maximum Gasteiger partial charge on any atom is 0.174 e. The molecule has 2 aromatic rings. The number of ether oxygens (including phenoxy) is 2. The summed E-state index contributed by atoms with van der Waals surface area (Å²) in [6.07, 6.45) is 3.63. The number of hydrogen-bond donors (Lipinski definition) is 1. The van der Waals surface area contributed by atoms with Crippen molar-refractivity contribution in [3.63, 3.8) is 0 Å². The van der Waals surface area contributed by atoms with E-state index < -0.39 is 0 Å². The second-order valence-corrected chi connectivity index (χ2v) is 5.70. The normalized spacial score (nSPS) is 11.6. The van der Waals surface area contributed by atoms with Gasteiger partial charge in [0.2, 0.25) is 0 Å². The zero-order chi connectivity index (χ0) is 17.4. The minimum absolute atomic E-state index is 0.0828. The first kappa shape index (κ1) is 18.2. The van der Waals surface area contributed by atoms with Crippen LogP contribution in [-0.4, -0.2) is 42.4 Å². The fraction of sp³-hybridized carbons (Fsp3) is 0.333. The highest BCUT2D eigenvalue weighted by atomic mass is 32.1. The van der Waals surface area contributed by atoms with Crippen LogP contribution in [0.1, 0.15) is 18.5 Å². The smallest absolute Gasteiger partial charge is 0.174 e. The van der Waals surface area contributed by atoms with Crippen LogP contribution in [0.15, 0.2) is 48.8 Å². The largest absolute Gasteiger partial charge is 0.497 e. The van der Waals surface area contributed by atoms with Crippen LogP contribution in [0.25, 0.3) is 0 Å². The highest BCUT2D eigenvalue weighted by Gasteiger charge is 2.19. The third-order valence-corrected chi connectivity index (χ3v) is 4.09. The molecule has 1 aromatic carbocycles. The molecule has 0 aliphatic heterocycles. The number of benzene rings is 1. The Bertz CT molecular complexity index is 652. The lowest BCUT2D eigenvalue weighted by molar-refractivity contribution is 0.165. The van der Waals surface area contributed by atoms with Crippen LogP contribution in [-0.2, 0) is 4.74 Å². The summed E-state index contributed by atoms with van der Waals surface area (Å²) in [4.78, 5) is 6.29. The van der Waals surface area contributed by atoms with Gasteiger partial charge < -0.3 is 19.7 Å². The summed E-state index contributed by atoms with van der Waals surface area (Å²) in [5, 5.41) is 3.91. The average molecular weight is 345 g/mol. The van der Waals surface area contributed by atoms with Crippen molar-refractivity contribution in [2.75, 3.05) is 32.7 Å². The summed E-state index contributed by atoms with van der Waals surface area (Å²) in [7, 11) is 3.33. The van der Waals surface area contributed by atoms with E-state index in [-0.39, 0.29) is 6.04 Å². The van der Waals surface area contributed by atoms with E-state index in [2.05, 4.69) is 22.1 Å². The predicted molar refractivity (Wildman–Crippen MR) is 100 cm³/mol. The molecule has 24 heavy (non-hydrogen) atoms. The van der Waals surface area contributed by atoms with Gasteiger partial charge in [-0.05, 0) is 42.9 Å². The molecule has 0 spiro atoms. The van der Waals surface area contributed by atoms with Gasteiger partial charge in [0.15, 0.2) is 5.11 Å². The van der Waals surface area contributed by atoms with E-state index >= 15 is 0 Å². The fourth-order valence-corrected chi connectivity index (χ4v) is 2.73. The van der Waals surface area contributed by atoms with Gasteiger partial charge in [-0.25, -0.2) is 0 Å². The molecule has 0 bridgehead atoms. The van der Waals surface area contributed by atoms with E-state index in [1.165, 1.54) is 0 Å². The molecule has 1 N–H and O–H groups in total. The molecule has 1 heterocycles. The minimum atomic E-state index is 0.0828. The quantitative estimate of drug-likeness (QED) is 0.775. The van der Waals surface area contributed by atoms with Crippen LogP contribution in [0.3, 0.4) is 0 Å². The van der Waals surface area contributed by atoms with Crippen LogP contribution in [0.4, 0.5) is 5.69 Å². The Morgan fingerprint density at radius 3 is 2.79 bits per heavy atom. The Labute approximate surface area is 148 Å². The third kappa shape index (κ3) is 4.91. The van der Waals surface area contributed by atoms with Gasteiger partial charge in [-0.2, -0.15) is 0 Å². The standard InChI is InChI=1S/C18H23N3O2S/c1-14(15-6-5-9-19-13-15)21(10-11-22-2)18(24)20-16-7-4-8-17(12-16)23-3/h4-9,12-14H,10-11H2,1-3H3,(H,20,24). The molecule has 0 aliphatic carbocycles. The number of nitrogens with zero attached hydrogens (tertiary/aromatic N) is 2. The van der Waals surface area contributed by atoms with Crippen molar-refractivity contribution in [2.24, 2.45) is 0 Å². The Hall–Kier alpha value is -2.18. The van der Waals surface area contributed by atoms with Crippen LogP contribution >= 0.6 is 12.2 Å². The summed E-state index contributed by atoms with van der Waals surface area (Å²) in [5.41, 5.74) is 1.99. The van der Waals surface area contributed by atoms with E-state index in [9.17, 15) is 0 Å². The molecule has 0 saturated heterocycles. The molecule has 0 aliphatic rings. The summed E-state index contributed by atoms with van der Waals surface area (Å²) in [6.45, 7) is 3.37. The van der Waals surface area contributed by atoms with Crippen molar-refractivity contribution < 1.29 is 9.47 Å². The molecule has 5 nitrogen and oxygen atoms in total. The van der Waals surface area contributed by atoms with E-state index in [1.807, 2.05) is 42.6 Å². The van der Waals surface area contributed by atoms with Gasteiger partial charge in [0, 0.05) is 37.8 Å². The molecule has 0 fully saturated rings. The highest BCUT2D eigenvalue weighted by molar-refractivity contribution is 7.80. The molecular formula is C18H23N3O2S. The molecule has 6 heteroatoms. The van der Waals surface area contributed by atoms with Gasteiger partial charge in [0.05, 0.1) is 19.8 Å². The lowest BCUT2D eigenvalue weighted by atomic mass is 10.1. The first-order chi connectivity index (χ1) is 11.7. The number of thiocarbonyl (C=S) groups is 1. The van der Waals surface area contributed by atoms with Gasteiger partial charge in [-0.3, -0.25) is 4.98 Å². The number of pyridine rings is 1. The summed E-state index contributed by atoms with van der Waals surface area (Å²) in [6, 6.07) is 11.8. The van der Waals surface area contributed by atoms with Crippen LogP contribution in [0.5, 0.6) is 5.75 Å². The zero-order valence-electron chi connectivity index (χ0n) is 14.2. The van der Waals surface area contributed by atoms with Gasteiger partial charge >= 0.3 is 0 Å². The number of methoxy groups -OCH3 is 2. The van der Waals surface area contributed by atoms with Crippen molar-refractivity contribution in [2.45, 2.75) is 13.0 Å². The molecule has 0 amide bonds. The van der Waals surface area contributed by atoms with E-state index in [0.717, 1.165) is 17.0 Å². The molecule has 0 radical (unpaired) electrons. The second-order valence-electron chi connectivity index (χ2n) is 5.31. The maximum absolute atomic E-state index is 5.62. The van der Waals surface area contributed by atoms with Gasteiger partial charge in [-0.15, -0.1) is 0 Å². The number of hydrogen-bond acceptors (Lipinski definition) is 4. The molecule has 1 unspecified atom stereocenters.